The minimum absolute atomic E-state index is 0.131. The van der Waals surface area contributed by atoms with Crippen molar-refractivity contribution >= 4 is 22.9 Å². The van der Waals surface area contributed by atoms with Gasteiger partial charge in [-0.1, -0.05) is 37.1 Å². The van der Waals surface area contributed by atoms with E-state index in [2.05, 4.69) is 14.9 Å². The average molecular weight is 337 g/mol. The van der Waals surface area contributed by atoms with Gasteiger partial charge in [0.15, 0.2) is 0 Å². The molecule has 1 aliphatic rings. The molecule has 5 heteroatoms. The van der Waals surface area contributed by atoms with E-state index < -0.39 is 0 Å². The first kappa shape index (κ1) is 15.8. The standard InChI is InChI=1S/C20H20FN3O/c21-15-7-5-6-14(12-15)13-19(25)23-20-22-17-10-3-4-11-18(17)24(20)16-8-1-2-9-16/h3-7,10-12,16H,1-2,8-9,13H2,(H,22,23,25). The van der Waals surface area contributed by atoms with Crippen molar-refractivity contribution in [3.8, 4) is 0 Å². The second kappa shape index (κ2) is 6.67. The molecule has 3 aromatic rings. The number of anilines is 1. The Hall–Kier alpha value is -2.69. The SMILES string of the molecule is O=C(Cc1cccc(F)c1)Nc1nc2ccccc2n1C1CCCC1. The van der Waals surface area contributed by atoms with Crippen LogP contribution in [0.3, 0.4) is 0 Å². The van der Waals surface area contributed by atoms with Gasteiger partial charge in [-0.3, -0.25) is 10.1 Å². The molecule has 1 heterocycles. The Balaban J connectivity index is 1.62. The van der Waals surface area contributed by atoms with E-state index in [9.17, 15) is 9.18 Å². The molecule has 4 rings (SSSR count). The van der Waals surface area contributed by atoms with Crippen LogP contribution in [0.15, 0.2) is 48.5 Å². The highest BCUT2D eigenvalue weighted by atomic mass is 19.1. The highest BCUT2D eigenvalue weighted by Crippen LogP contribution is 2.35. The first-order chi connectivity index (χ1) is 12.2. The Morgan fingerprint density at radius 2 is 1.96 bits per heavy atom. The van der Waals surface area contributed by atoms with Crippen LogP contribution in [0.2, 0.25) is 0 Å². The van der Waals surface area contributed by atoms with E-state index in [-0.39, 0.29) is 18.1 Å². The molecule has 1 aliphatic carbocycles. The number of hydrogen-bond donors (Lipinski definition) is 1. The van der Waals surface area contributed by atoms with E-state index in [0.29, 0.717) is 17.6 Å². The fourth-order valence-corrected chi connectivity index (χ4v) is 3.67. The molecule has 0 radical (unpaired) electrons. The van der Waals surface area contributed by atoms with E-state index in [1.54, 1.807) is 12.1 Å². The summed E-state index contributed by atoms with van der Waals surface area (Å²) in [6.45, 7) is 0. The summed E-state index contributed by atoms with van der Waals surface area (Å²) in [6, 6.07) is 14.5. The molecule has 4 nitrogen and oxygen atoms in total. The summed E-state index contributed by atoms with van der Waals surface area (Å²) < 4.78 is 15.5. The third-order valence-electron chi connectivity index (χ3n) is 4.79. The Morgan fingerprint density at radius 1 is 1.16 bits per heavy atom. The van der Waals surface area contributed by atoms with Crippen LogP contribution in [0.4, 0.5) is 10.3 Å². The number of hydrogen-bond acceptors (Lipinski definition) is 2. The van der Waals surface area contributed by atoms with Crippen LogP contribution in [-0.4, -0.2) is 15.5 Å². The van der Waals surface area contributed by atoms with Crippen molar-refractivity contribution in [3.05, 3.63) is 59.9 Å². The van der Waals surface area contributed by atoms with Crippen LogP contribution in [0.1, 0.15) is 37.3 Å². The van der Waals surface area contributed by atoms with Crippen LogP contribution >= 0.6 is 0 Å². The van der Waals surface area contributed by atoms with Crippen molar-refractivity contribution in [1.29, 1.82) is 0 Å². The highest BCUT2D eigenvalue weighted by Gasteiger charge is 2.23. The van der Waals surface area contributed by atoms with E-state index in [1.165, 1.54) is 25.0 Å². The number of benzene rings is 2. The monoisotopic (exact) mass is 337 g/mol. The van der Waals surface area contributed by atoms with Gasteiger partial charge in [0.2, 0.25) is 11.9 Å². The molecular formula is C20H20FN3O. The number of nitrogens with one attached hydrogen (secondary N) is 1. The van der Waals surface area contributed by atoms with Crippen LogP contribution < -0.4 is 5.32 Å². The Kier molecular flexibility index (Phi) is 4.22. The van der Waals surface area contributed by atoms with Crippen molar-refractivity contribution in [1.82, 2.24) is 9.55 Å². The van der Waals surface area contributed by atoms with Gasteiger partial charge in [-0.2, -0.15) is 0 Å². The lowest BCUT2D eigenvalue weighted by atomic mass is 10.1. The first-order valence-electron chi connectivity index (χ1n) is 8.72. The van der Waals surface area contributed by atoms with Gasteiger partial charge in [-0.15, -0.1) is 0 Å². The van der Waals surface area contributed by atoms with Crippen molar-refractivity contribution in [3.63, 3.8) is 0 Å². The molecule has 1 amide bonds. The maximum atomic E-state index is 13.3. The summed E-state index contributed by atoms with van der Waals surface area (Å²) >= 11 is 0. The Bertz CT molecular complexity index is 912. The van der Waals surface area contributed by atoms with Gasteiger partial charge >= 0.3 is 0 Å². The maximum absolute atomic E-state index is 13.3. The van der Waals surface area contributed by atoms with Gasteiger partial charge in [-0.25, -0.2) is 9.37 Å². The smallest absolute Gasteiger partial charge is 0.231 e. The van der Waals surface area contributed by atoms with Crippen LogP contribution in [0.5, 0.6) is 0 Å². The first-order valence-corrected chi connectivity index (χ1v) is 8.72. The topological polar surface area (TPSA) is 46.9 Å². The molecular weight excluding hydrogens is 317 g/mol. The van der Waals surface area contributed by atoms with Gasteiger partial charge in [0, 0.05) is 6.04 Å². The maximum Gasteiger partial charge on any atom is 0.231 e. The molecule has 1 saturated carbocycles. The van der Waals surface area contributed by atoms with Gasteiger partial charge in [0.25, 0.3) is 0 Å². The molecule has 1 N–H and O–H groups in total. The highest BCUT2D eigenvalue weighted by molar-refractivity contribution is 5.93. The summed E-state index contributed by atoms with van der Waals surface area (Å²) in [5, 5.41) is 2.94. The average Bonchev–Trinajstić information content (AvgIpc) is 3.21. The normalized spacial score (nSPS) is 14.9. The third-order valence-corrected chi connectivity index (χ3v) is 4.79. The second-order valence-corrected chi connectivity index (χ2v) is 6.59. The molecule has 128 valence electrons. The molecule has 0 spiro atoms. The molecule has 25 heavy (non-hydrogen) atoms. The Labute approximate surface area is 145 Å². The third kappa shape index (κ3) is 3.27. The summed E-state index contributed by atoms with van der Waals surface area (Å²) in [5.74, 6) is 0.0816. The predicted molar refractivity (Wildman–Crippen MR) is 96.0 cm³/mol. The Morgan fingerprint density at radius 3 is 2.76 bits per heavy atom. The summed E-state index contributed by atoms with van der Waals surface area (Å²) in [7, 11) is 0. The zero-order valence-electron chi connectivity index (χ0n) is 13.9. The number of para-hydroxylation sites is 2. The number of aromatic nitrogens is 2. The van der Waals surface area contributed by atoms with Gasteiger partial charge in [-0.05, 0) is 42.7 Å². The van der Waals surface area contributed by atoms with Gasteiger partial charge < -0.3 is 4.57 Å². The lowest BCUT2D eigenvalue weighted by Gasteiger charge is -2.16. The van der Waals surface area contributed by atoms with E-state index in [1.807, 2.05) is 24.3 Å². The van der Waals surface area contributed by atoms with E-state index in [0.717, 1.165) is 23.9 Å². The van der Waals surface area contributed by atoms with Crippen LogP contribution in [0, 0.1) is 5.82 Å². The molecule has 1 fully saturated rings. The molecule has 0 aliphatic heterocycles. The lowest BCUT2D eigenvalue weighted by molar-refractivity contribution is -0.115. The molecule has 0 saturated heterocycles. The largest absolute Gasteiger partial charge is 0.307 e. The zero-order valence-corrected chi connectivity index (χ0v) is 13.9. The number of halogens is 1. The number of carbonyl (C=O) groups is 1. The van der Waals surface area contributed by atoms with Crippen LogP contribution in [-0.2, 0) is 11.2 Å². The molecule has 2 aromatic carbocycles. The molecule has 0 unspecified atom stereocenters. The minimum Gasteiger partial charge on any atom is -0.307 e. The van der Waals surface area contributed by atoms with Crippen molar-refractivity contribution in [2.45, 2.75) is 38.1 Å². The number of rotatable bonds is 4. The fraction of sp³-hybridized carbons (Fsp3) is 0.300. The zero-order chi connectivity index (χ0) is 17.2. The van der Waals surface area contributed by atoms with Crippen molar-refractivity contribution in [2.75, 3.05) is 5.32 Å². The van der Waals surface area contributed by atoms with Crippen molar-refractivity contribution < 1.29 is 9.18 Å². The van der Waals surface area contributed by atoms with Crippen molar-refractivity contribution in [2.24, 2.45) is 0 Å². The predicted octanol–water partition coefficient (Wildman–Crippen LogP) is 4.47. The summed E-state index contributed by atoms with van der Waals surface area (Å²) in [4.78, 5) is 17.1. The number of nitrogens with zero attached hydrogens (tertiary/aromatic N) is 2. The van der Waals surface area contributed by atoms with Crippen LogP contribution in [0.25, 0.3) is 11.0 Å². The number of carbonyl (C=O) groups excluding carboxylic acids is 1. The number of amides is 1. The quantitative estimate of drug-likeness (QED) is 0.763. The van der Waals surface area contributed by atoms with E-state index in [4.69, 9.17) is 0 Å². The van der Waals surface area contributed by atoms with Gasteiger partial charge in [0.05, 0.1) is 17.5 Å². The van der Waals surface area contributed by atoms with E-state index >= 15 is 0 Å². The summed E-state index contributed by atoms with van der Waals surface area (Å²) in [6.07, 6.45) is 4.74. The van der Waals surface area contributed by atoms with Gasteiger partial charge in [0.1, 0.15) is 5.82 Å². The fourth-order valence-electron chi connectivity index (χ4n) is 3.67. The number of fused-ring (bicyclic) bond motifs is 1. The molecule has 0 atom stereocenters. The molecule has 0 bridgehead atoms. The molecule has 1 aromatic heterocycles. The lowest BCUT2D eigenvalue weighted by Crippen LogP contribution is -2.19. The summed E-state index contributed by atoms with van der Waals surface area (Å²) in [5.41, 5.74) is 2.59. The number of imidazole rings is 1. The minimum atomic E-state index is -0.330. The second-order valence-electron chi connectivity index (χ2n) is 6.59.